The van der Waals surface area contributed by atoms with Crippen LogP contribution in [-0.4, -0.2) is 13.1 Å². The van der Waals surface area contributed by atoms with Crippen LogP contribution in [0.4, 0.5) is 0 Å². The lowest BCUT2D eigenvalue weighted by Gasteiger charge is -2.30. The Balaban J connectivity index is 0.000000921. The van der Waals surface area contributed by atoms with Gasteiger partial charge in [-0.1, -0.05) is 53.9 Å². The number of hydrogen-bond acceptors (Lipinski definition) is 1. The van der Waals surface area contributed by atoms with Crippen molar-refractivity contribution in [1.82, 2.24) is 5.32 Å². The highest BCUT2D eigenvalue weighted by Gasteiger charge is 2.27. The Bertz CT molecular complexity index is 144. The highest BCUT2D eigenvalue weighted by atomic mass is 14.9. The van der Waals surface area contributed by atoms with Crippen LogP contribution in [-0.2, 0) is 0 Å². The third-order valence-electron chi connectivity index (χ3n) is 3.37. The lowest BCUT2D eigenvalue weighted by Crippen LogP contribution is -2.32. The van der Waals surface area contributed by atoms with Gasteiger partial charge in [0.25, 0.3) is 0 Å². The molecule has 1 aliphatic carbocycles. The van der Waals surface area contributed by atoms with Crippen molar-refractivity contribution >= 4 is 0 Å². The van der Waals surface area contributed by atoms with E-state index in [1.54, 1.807) is 0 Å². The molecule has 1 heteroatoms. The van der Waals surface area contributed by atoms with Gasteiger partial charge in [0.2, 0.25) is 0 Å². The van der Waals surface area contributed by atoms with E-state index in [0.717, 1.165) is 12.5 Å². The standard InChI is InChI=1S/C12H25N.C2H6/c1-4-13-10-12(3)8-6-5-7-11(2)9-12;1-2/h11,13H,4-10H2,1-3H3;1-2H3. The Morgan fingerprint density at radius 1 is 1.27 bits per heavy atom. The normalized spacial score (nSPS) is 31.4. The van der Waals surface area contributed by atoms with Crippen LogP contribution < -0.4 is 5.32 Å². The molecular formula is C14H31N. The van der Waals surface area contributed by atoms with Gasteiger partial charge in [0.05, 0.1) is 0 Å². The molecule has 1 fully saturated rings. The van der Waals surface area contributed by atoms with E-state index in [-0.39, 0.29) is 0 Å². The molecule has 0 saturated heterocycles. The SMILES string of the molecule is CC.CCNCC1(C)CCCCC(C)C1. The van der Waals surface area contributed by atoms with Crippen molar-refractivity contribution in [2.24, 2.45) is 11.3 Å². The second-order valence-electron chi connectivity index (χ2n) is 5.15. The van der Waals surface area contributed by atoms with E-state index in [0.29, 0.717) is 5.41 Å². The van der Waals surface area contributed by atoms with Gasteiger partial charge < -0.3 is 5.32 Å². The highest BCUT2D eigenvalue weighted by Crippen LogP contribution is 2.36. The van der Waals surface area contributed by atoms with Crippen molar-refractivity contribution < 1.29 is 0 Å². The van der Waals surface area contributed by atoms with Crippen LogP contribution in [0.15, 0.2) is 0 Å². The molecule has 1 rings (SSSR count). The summed E-state index contributed by atoms with van der Waals surface area (Å²) >= 11 is 0. The summed E-state index contributed by atoms with van der Waals surface area (Å²) in [6.07, 6.45) is 7.17. The zero-order valence-electron chi connectivity index (χ0n) is 11.5. The van der Waals surface area contributed by atoms with Crippen LogP contribution in [0, 0.1) is 11.3 Å². The fourth-order valence-electron chi connectivity index (χ4n) is 2.68. The molecule has 1 N–H and O–H groups in total. The Morgan fingerprint density at radius 3 is 2.53 bits per heavy atom. The molecule has 0 radical (unpaired) electrons. The molecule has 15 heavy (non-hydrogen) atoms. The average molecular weight is 213 g/mol. The molecule has 2 unspecified atom stereocenters. The molecule has 2 atom stereocenters. The first-order valence-corrected chi connectivity index (χ1v) is 6.87. The minimum Gasteiger partial charge on any atom is -0.316 e. The van der Waals surface area contributed by atoms with E-state index in [1.165, 1.54) is 38.6 Å². The largest absolute Gasteiger partial charge is 0.316 e. The molecule has 0 spiro atoms. The predicted octanol–water partition coefficient (Wildman–Crippen LogP) is 4.23. The molecule has 1 aliphatic rings. The molecule has 0 aromatic heterocycles. The third kappa shape index (κ3) is 6.19. The van der Waals surface area contributed by atoms with Crippen LogP contribution >= 0.6 is 0 Å². The average Bonchev–Trinajstić information content (AvgIpc) is 2.40. The van der Waals surface area contributed by atoms with Gasteiger partial charge in [-0.3, -0.25) is 0 Å². The quantitative estimate of drug-likeness (QED) is 0.692. The maximum absolute atomic E-state index is 3.51. The third-order valence-corrected chi connectivity index (χ3v) is 3.37. The summed E-state index contributed by atoms with van der Waals surface area (Å²) < 4.78 is 0. The monoisotopic (exact) mass is 213 g/mol. The highest BCUT2D eigenvalue weighted by molar-refractivity contribution is 4.81. The van der Waals surface area contributed by atoms with Gasteiger partial charge in [0.15, 0.2) is 0 Å². The topological polar surface area (TPSA) is 12.0 Å². The van der Waals surface area contributed by atoms with Crippen LogP contribution in [0.3, 0.4) is 0 Å². The predicted molar refractivity (Wildman–Crippen MR) is 70.2 cm³/mol. The van der Waals surface area contributed by atoms with Crippen LogP contribution in [0.5, 0.6) is 0 Å². The van der Waals surface area contributed by atoms with Gasteiger partial charge in [-0.25, -0.2) is 0 Å². The molecule has 0 aromatic carbocycles. The van der Waals surface area contributed by atoms with E-state index in [1.807, 2.05) is 13.8 Å². The zero-order chi connectivity index (χ0) is 11.7. The van der Waals surface area contributed by atoms with Crippen LogP contribution in [0.1, 0.15) is 66.7 Å². The Hall–Kier alpha value is -0.0400. The maximum Gasteiger partial charge on any atom is 0.000514 e. The minimum absolute atomic E-state index is 0.575. The van der Waals surface area contributed by atoms with E-state index in [9.17, 15) is 0 Å². The summed E-state index contributed by atoms with van der Waals surface area (Å²) in [7, 11) is 0. The number of nitrogens with one attached hydrogen (secondary N) is 1. The molecule has 0 aromatic rings. The van der Waals surface area contributed by atoms with E-state index in [2.05, 4.69) is 26.1 Å². The lowest BCUT2D eigenvalue weighted by molar-refractivity contribution is 0.237. The van der Waals surface area contributed by atoms with Gasteiger partial charge in [-0.2, -0.15) is 0 Å². The molecular weight excluding hydrogens is 182 g/mol. The summed E-state index contributed by atoms with van der Waals surface area (Å²) in [5.41, 5.74) is 0.575. The number of hydrogen-bond donors (Lipinski definition) is 1. The van der Waals surface area contributed by atoms with Gasteiger partial charge in [-0.15, -0.1) is 0 Å². The Labute approximate surface area is 97.0 Å². The minimum atomic E-state index is 0.575. The summed E-state index contributed by atoms with van der Waals surface area (Å²) in [5, 5.41) is 3.51. The first-order chi connectivity index (χ1) is 7.16. The second-order valence-corrected chi connectivity index (χ2v) is 5.15. The first-order valence-electron chi connectivity index (χ1n) is 6.87. The first kappa shape index (κ1) is 15.0. The van der Waals surface area contributed by atoms with Crippen LogP contribution in [0.2, 0.25) is 0 Å². The molecule has 0 bridgehead atoms. The second kappa shape index (κ2) is 8.15. The molecule has 92 valence electrons. The Kier molecular flexibility index (Phi) is 8.13. The molecule has 0 heterocycles. The summed E-state index contributed by atoms with van der Waals surface area (Å²) in [5.74, 6) is 0.936. The van der Waals surface area contributed by atoms with Crippen molar-refractivity contribution in [1.29, 1.82) is 0 Å². The Morgan fingerprint density at radius 2 is 1.93 bits per heavy atom. The van der Waals surface area contributed by atoms with E-state index in [4.69, 9.17) is 0 Å². The van der Waals surface area contributed by atoms with E-state index >= 15 is 0 Å². The van der Waals surface area contributed by atoms with Crippen molar-refractivity contribution in [3.63, 3.8) is 0 Å². The fourth-order valence-corrected chi connectivity index (χ4v) is 2.68. The van der Waals surface area contributed by atoms with Gasteiger partial charge in [0, 0.05) is 6.54 Å². The number of rotatable bonds is 3. The summed E-state index contributed by atoms with van der Waals surface area (Å²) in [6.45, 7) is 13.4. The van der Waals surface area contributed by atoms with Crippen molar-refractivity contribution in [3.8, 4) is 0 Å². The molecule has 0 amide bonds. The van der Waals surface area contributed by atoms with Crippen LogP contribution in [0.25, 0.3) is 0 Å². The van der Waals surface area contributed by atoms with E-state index < -0.39 is 0 Å². The molecule has 1 nitrogen and oxygen atoms in total. The summed E-state index contributed by atoms with van der Waals surface area (Å²) in [6, 6.07) is 0. The summed E-state index contributed by atoms with van der Waals surface area (Å²) in [4.78, 5) is 0. The van der Waals surface area contributed by atoms with Crippen molar-refractivity contribution in [2.75, 3.05) is 13.1 Å². The molecule has 1 saturated carbocycles. The maximum atomic E-state index is 3.51. The fraction of sp³-hybridized carbons (Fsp3) is 1.00. The van der Waals surface area contributed by atoms with Gasteiger partial charge >= 0.3 is 0 Å². The van der Waals surface area contributed by atoms with Crippen molar-refractivity contribution in [3.05, 3.63) is 0 Å². The van der Waals surface area contributed by atoms with Gasteiger partial charge in [-0.05, 0) is 30.7 Å². The zero-order valence-corrected chi connectivity index (χ0v) is 11.5. The lowest BCUT2D eigenvalue weighted by atomic mass is 9.79. The van der Waals surface area contributed by atoms with Crippen molar-refractivity contribution in [2.45, 2.75) is 66.7 Å². The van der Waals surface area contributed by atoms with Gasteiger partial charge in [0.1, 0.15) is 0 Å². The molecule has 0 aliphatic heterocycles. The smallest absolute Gasteiger partial charge is 0.000514 e.